The van der Waals surface area contributed by atoms with Gasteiger partial charge in [0.1, 0.15) is 11.6 Å². The molecule has 7 nitrogen and oxygen atoms in total. The Morgan fingerprint density at radius 1 is 1.18 bits per heavy atom. The van der Waals surface area contributed by atoms with Crippen molar-refractivity contribution in [3.63, 3.8) is 0 Å². The van der Waals surface area contributed by atoms with E-state index < -0.39 is 30.2 Å². The number of carbonyl (C=O) groups excluding carboxylic acids is 1. The fourth-order valence-electron chi connectivity index (χ4n) is 2.95. The highest BCUT2D eigenvalue weighted by Gasteiger charge is 2.24. The van der Waals surface area contributed by atoms with Gasteiger partial charge in [-0.15, -0.1) is 12.4 Å². The molecular formula is C22H22ClF4N3O4. The largest absolute Gasteiger partial charge is 0.490 e. The third kappa shape index (κ3) is 6.39. The fourth-order valence-corrected chi connectivity index (χ4v) is 2.95. The van der Waals surface area contributed by atoms with Gasteiger partial charge in [-0.05, 0) is 38.1 Å². The predicted molar refractivity (Wildman–Crippen MR) is 117 cm³/mol. The second kappa shape index (κ2) is 11.7. The van der Waals surface area contributed by atoms with Crippen LogP contribution in [0.4, 0.5) is 17.6 Å². The minimum Gasteiger partial charge on any atom is -0.490 e. The highest BCUT2D eigenvalue weighted by Crippen LogP contribution is 2.34. The normalized spacial score (nSPS) is 11.6. The second-order valence-corrected chi connectivity index (χ2v) is 6.91. The van der Waals surface area contributed by atoms with E-state index in [0.29, 0.717) is 11.6 Å². The van der Waals surface area contributed by atoms with Crippen molar-refractivity contribution in [3.05, 3.63) is 65.1 Å². The van der Waals surface area contributed by atoms with E-state index >= 15 is 0 Å². The zero-order chi connectivity index (χ0) is 24.1. The molecule has 3 rings (SSSR count). The molecule has 1 aromatic heterocycles. The Morgan fingerprint density at radius 3 is 2.53 bits per heavy atom. The standard InChI is InChI=1S/C22H21F4N3O4.ClH/c1-3-31-17-8-12(5-7-16(17)32-22(25)26)21-29-18(19(33-21)11(2)27)20(30)28-10-13-4-6-14(23)9-15(13)24;/h4-9,11,22H,3,10,27H2,1-2H3,(H,28,30);1H. The second-order valence-electron chi connectivity index (χ2n) is 6.91. The number of amides is 1. The Labute approximate surface area is 198 Å². The van der Waals surface area contributed by atoms with Gasteiger partial charge in [0.25, 0.3) is 5.91 Å². The van der Waals surface area contributed by atoms with E-state index in [2.05, 4.69) is 15.0 Å². The van der Waals surface area contributed by atoms with Crippen LogP contribution in [0.2, 0.25) is 0 Å². The first-order chi connectivity index (χ1) is 15.7. The number of nitrogens with two attached hydrogens (primary N) is 1. The van der Waals surface area contributed by atoms with Gasteiger partial charge in [-0.2, -0.15) is 8.78 Å². The average molecular weight is 504 g/mol. The van der Waals surface area contributed by atoms with Crippen LogP contribution in [0.15, 0.2) is 40.8 Å². The Morgan fingerprint density at radius 2 is 1.91 bits per heavy atom. The van der Waals surface area contributed by atoms with Crippen molar-refractivity contribution in [2.45, 2.75) is 33.0 Å². The SMILES string of the molecule is CCOc1cc(-c2nc(C(=O)NCc3ccc(F)cc3F)c(C(C)N)o2)ccc1OC(F)F.Cl. The minimum absolute atomic E-state index is 0. The third-order valence-corrected chi connectivity index (χ3v) is 4.44. The third-order valence-electron chi connectivity index (χ3n) is 4.44. The van der Waals surface area contributed by atoms with Crippen molar-refractivity contribution in [2.75, 3.05) is 6.61 Å². The number of oxazole rings is 1. The summed E-state index contributed by atoms with van der Waals surface area (Å²) in [6.07, 6.45) is 0. The number of alkyl halides is 2. The Bertz CT molecular complexity index is 1140. The lowest BCUT2D eigenvalue weighted by Crippen LogP contribution is -2.25. The molecule has 1 atom stereocenters. The summed E-state index contributed by atoms with van der Waals surface area (Å²) in [5, 5.41) is 2.49. The van der Waals surface area contributed by atoms with Crippen LogP contribution in [-0.2, 0) is 6.54 Å². The molecule has 0 spiro atoms. The van der Waals surface area contributed by atoms with Crippen LogP contribution in [0.1, 0.15) is 41.7 Å². The van der Waals surface area contributed by atoms with Gasteiger partial charge < -0.3 is 24.9 Å². The van der Waals surface area contributed by atoms with Crippen LogP contribution in [0.25, 0.3) is 11.5 Å². The number of benzene rings is 2. The van der Waals surface area contributed by atoms with E-state index in [1.807, 2.05) is 0 Å². The van der Waals surface area contributed by atoms with Crippen molar-refractivity contribution in [3.8, 4) is 23.0 Å². The first-order valence-corrected chi connectivity index (χ1v) is 9.90. The summed E-state index contributed by atoms with van der Waals surface area (Å²) in [4.78, 5) is 16.9. The molecule has 0 fully saturated rings. The van der Waals surface area contributed by atoms with Crippen LogP contribution in [0.5, 0.6) is 11.5 Å². The average Bonchev–Trinajstić information content (AvgIpc) is 3.20. The maximum Gasteiger partial charge on any atom is 0.387 e. The highest BCUT2D eigenvalue weighted by molar-refractivity contribution is 5.94. The molecule has 3 aromatic rings. The van der Waals surface area contributed by atoms with Gasteiger partial charge in [0, 0.05) is 23.7 Å². The molecular weight excluding hydrogens is 482 g/mol. The first kappa shape index (κ1) is 26.9. The van der Waals surface area contributed by atoms with E-state index in [4.69, 9.17) is 14.9 Å². The van der Waals surface area contributed by atoms with Crippen LogP contribution >= 0.6 is 12.4 Å². The molecule has 12 heteroatoms. The molecule has 1 unspecified atom stereocenters. The number of ether oxygens (including phenoxy) is 2. The smallest absolute Gasteiger partial charge is 0.387 e. The highest BCUT2D eigenvalue weighted by atomic mass is 35.5. The zero-order valence-electron chi connectivity index (χ0n) is 18.1. The molecule has 0 aliphatic carbocycles. The van der Waals surface area contributed by atoms with E-state index in [-0.39, 0.29) is 60.0 Å². The number of nitrogens with one attached hydrogen (secondary N) is 1. The summed E-state index contributed by atoms with van der Waals surface area (Å²) in [7, 11) is 0. The van der Waals surface area contributed by atoms with Gasteiger partial charge >= 0.3 is 6.61 Å². The first-order valence-electron chi connectivity index (χ1n) is 9.90. The van der Waals surface area contributed by atoms with Crippen LogP contribution in [0.3, 0.4) is 0 Å². The Balaban J connectivity index is 0.00000408. The lowest BCUT2D eigenvalue weighted by atomic mass is 10.2. The van der Waals surface area contributed by atoms with Crippen molar-refractivity contribution in [1.82, 2.24) is 10.3 Å². The lowest BCUT2D eigenvalue weighted by Gasteiger charge is -2.11. The Kier molecular flexibility index (Phi) is 9.28. The number of halogens is 5. The molecule has 184 valence electrons. The predicted octanol–water partition coefficient (Wildman–Crippen LogP) is 4.99. The summed E-state index contributed by atoms with van der Waals surface area (Å²) < 4.78 is 67.6. The summed E-state index contributed by atoms with van der Waals surface area (Å²) >= 11 is 0. The molecule has 0 bridgehead atoms. The topological polar surface area (TPSA) is 99.6 Å². The number of hydrogen-bond acceptors (Lipinski definition) is 6. The van der Waals surface area contributed by atoms with Gasteiger partial charge in [-0.1, -0.05) is 6.07 Å². The molecule has 0 aliphatic rings. The van der Waals surface area contributed by atoms with E-state index in [0.717, 1.165) is 6.07 Å². The zero-order valence-corrected chi connectivity index (χ0v) is 18.9. The van der Waals surface area contributed by atoms with Crippen LogP contribution < -0.4 is 20.5 Å². The molecule has 0 aliphatic heterocycles. The Hall–Kier alpha value is -3.31. The number of aromatic nitrogens is 1. The van der Waals surface area contributed by atoms with E-state index in [1.54, 1.807) is 13.8 Å². The van der Waals surface area contributed by atoms with Crippen LogP contribution in [-0.4, -0.2) is 24.1 Å². The summed E-state index contributed by atoms with van der Waals surface area (Å²) in [5.74, 6) is -2.32. The van der Waals surface area contributed by atoms with Crippen molar-refractivity contribution < 1.29 is 36.2 Å². The number of nitrogens with zero attached hydrogens (tertiary/aromatic N) is 1. The molecule has 34 heavy (non-hydrogen) atoms. The summed E-state index contributed by atoms with van der Waals surface area (Å²) in [6.45, 7) is 0.173. The number of hydrogen-bond donors (Lipinski definition) is 2. The maximum absolute atomic E-state index is 13.8. The summed E-state index contributed by atoms with van der Waals surface area (Å²) in [6, 6.07) is 6.33. The molecule has 2 aromatic carbocycles. The fraction of sp³-hybridized carbons (Fsp3) is 0.273. The van der Waals surface area contributed by atoms with Gasteiger partial charge in [0.2, 0.25) is 5.89 Å². The monoisotopic (exact) mass is 503 g/mol. The van der Waals surface area contributed by atoms with Gasteiger partial charge in [0.05, 0.1) is 12.6 Å². The lowest BCUT2D eigenvalue weighted by molar-refractivity contribution is -0.0514. The number of carbonyl (C=O) groups is 1. The minimum atomic E-state index is -3.04. The van der Waals surface area contributed by atoms with Gasteiger partial charge in [-0.3, -0.25) is 4.79 Å². The van der Waals surface area contributed by atoms with Gasteiger partial charge in [0.15, 0.2) is 23.0 Å². The van der Waals surface area contributed by atoms with Crippen molar-refractivity contribution in [1.29, 1.82) is 0 Å². The molecule has 3 N–H and O–H groups in total. The summed E-state index contributed by atoms with van der Waals surface area (Å²) in [5.41, 5.74) is 6.17. The quantitative estimate of drug-likeness (QED) is 0.399. The molecule has 0 saturated heterocycles. The maximum atomic E-state index is 13.8. The van der Waals surface area contributed by atoms with E-state index in [1.165, 1.54) is 24.3 Å². The van der Waals surface area contributed by atoms with Crippen LogP contribution in [0, 0.1) is 11.6 Å². The molecule has 1 amide bonds. The van der Waals surface area contributed by atoms with Gasteiger partial charge in [-0.25, -0.2) is 13.8 Å². The molecule has 0 saturated carbocycles. The van der Waals surface area contributed by atoms with Crippen molar-refractivity contribution in [2.24, 2.45) is 5.73 Å². The number of rotatable bonds is 9. The van der Waals surface area contributed by atoms with Crippen molar-refractivity contribution >= 4 is 18.3 Å². The molecule has 0 radical (unpaired) electrons. The molecule has 1 heterocycles. The van der Waals surface area contributed by atoms with E-state index in [9.17, 15) is 22.4 Å².